The molecule has 5 heteroatoms. The summed E-state index contributed by atoms with van der Waals surface area (Å²) < 4.78 is 2.03. The minimum Gasteiger partial charge on any atom is -0.308 e. The summed E-state index contributed by atoms with van der Waals surface area (Å²) in [6, 6.07) is 11.4. The highest BCUT2D eigenvalue weighted by molar-refractivity contribution is 6.31. The lowest BCUT2D eigenvalue weighted by atomic mass is 10.1. The monoisotopic (exact) mass is 282 g/mol. The van der Waals surface area contributed by atoms with Gasteiger partial charge in [0.1, 0.15) is 11.3 Å². The van der Waals surface area contributed by atoms with Crippen LogP contribution in [0.2, 0.25) is 5.02 Å². The number of aromatic nitrogens is 3. The standard InChI is InChI=1S/C15H11ClN4/c1-10-19-14-6-13(16)8-18-15(14)20(10)9-12-4-2-11(7-17)3-5-12/h2-6,8H,9H2,1H3. The summed E-state index contributed by atoms with van der Waals surface area (Å²) in [5, 5.41) is 9.39. The van der Waals surface area contributed by atoms with Crippen molar-refractivity contribution < 1.29 is 0 Å². The van der Waals surface area contributed by atoms with Gasteiger partial charge in [-0.25, -0.2) is 9.97 Å². The molecular weight excluding hydrogens is 272 g/mol. The molecule has 0 aliphatic carbocycles. The summed E-state index contributed by atoms with van der Waals surface area (Å²) in [6.45, 7) is 2.61. The lowest BCUT2D eigenvalue weighted by Gasteiger charge is -2.06. The summed E-state index contributed by atoms with van der Waals surface area (Å²) in [4.78, 5) is 8.82. The molecule has 20 heavy (non-hydrogen) atoms. The third-order valence-corrected chi connectivity index (χ3v) is 3.37. The molecule has 98 valence electrons. The Balaban J connectivity index is 2.01. The van der Waals surface area contributed by atoms with Crippen LogP contribution in [0.1, 0.15) is 17.0 Å². The second-order valence-electron chi connectivity index (χ2n) is 4.55. The SMILES string of the molecule is Cc1nc2cc(Cl)cnc2n1Cc1ccc(C#N)cc1. The number of rotatable bonds is 2. The molecule has 0 atom stereocenters. The van der Waals surface area contributed by atoms with Crippen molar-refractivity contribution in [2.24, 2.45) is 0 Å². The van der Waals surface area contributed by atoms with Crippen LogP contribution in [0, 0.1) is 18.3 Å². The Morgan fingerprint density at radius 3 is 2.75 bits per heavy atom. The number of hydrogen-bond acceptors (Lipinski definition) is 3. The fourth-order valence-corrected chi connectivity index (χ4v) is 2.31. The van der Waals surface area contributed by atoms with Gasteiger partial charge in [0, 0.05) is 6.20 Å². The van der Waals surface area contributed by atoms with Gasteiger partial charge in [0.25, 0.3) is 0 Å². The van der Waals surface area contributed by atoms with Crippen molar-refractivity contribution in [1.82, 2.24) is 14.5 Å². The van der Waals surface area contributed by atoms with Crippen LogP contribution in [0.3, 0.4) is 0 Å². The highest BCUT2D eigenvalue weighted by Gasteiger charge is 2.09. The Hall–Kier alpha value is -2.38. The van der Waals surface area contributed by atoms with Crippen molar-refractivity contribution in [2.45, 2.75) is 13.5 Å². The van der Waals surface area contributed by atoms with E-state index in [1.165, 1.54) is 0 Å². The van der Waals surface area contributed by atoms with E-state index in [2.05, 4.69) is 16.0 Å². The minimum absolute atomic E-state index is 0.584. The van der Waals surface area contributed by atoms with Gasteiger partial charge in [-0.1, -0.05) is 23.7 Å². The molecular formula is C15H11ClN4. The minimum atomic E-state index is 0.584. The summed E-state index contributed by atoms with van der Waals surface area (Å²) >= 11 is 5.93. The van der Waals surface area contributed by atoms with E-state index in [0.717, 1.165) is 22.6 Å². The highest BCUT2D eigenvalue weighted by Crippen LogP contribution is 2.19. The van der Waals surface area contributed by atoms with Crippen molar-refractivity contribution in [2.75, 3.05) is 0 Å². The topological polar surface area (TPSA) is 54.5 Å². The van der Waals surface area contributed by atoms with Crippen LogP contribution in [0.5, 0.6) is 0 Å². The molecule has 0 aliphatic rings. The van der Waals surface area contributed by atoms with Gasteiger partial charge in [0.05, 0.1) is 23.2 Å². The second-order valence-corrected chi connectivity index (χ2v) is 4.99. The molecule has 0 unspecified atom stereocenters. The van der Waals surface area contributed by atoms with Gasteiger partial charge in [-0.2, -0.15) is 5.26 Å². The lowest BCUT2D eigenvalue weighted by molar-refractivity contribution is 0.777. The molecule has 0 aliphatic heterocycles. The van der Waals surface area contributed by atoms with Crippen LogP contribution in [0.15, 0.2) is 36.5 Å². The Morgan fingerprint density at radius 2 is 2.05 bits per heavy atom. The predicted molar refractivity (Wildman–Crippen MR) is 77.5 cm³/mol. The predicted octanol–water partition coefficient (Wildman–Crippen LogP) is 3.31. The van der Waals surface area contributed by atoms with Gasteiger partial charge >= 0.3 is 0 Å². The van der Waals surface area contributed by atoms with Crippen LogP contribution >= 0.6 is 11.6 Å². The summed E-state index contributed by atoms with van der Waals surface area (Å²) in [6.07, 6.45) is 1.63. The summed E-state index contributed by atoms with van der Waals surface area (Å²) in [5.74, 6) is 0.888. The van der Waals surface area contributed by atoms with Crippen LogP contribution in [-0.4, -0.2) is 14.5 Å². The van der Waals surface area contributed by atoms with Crippen molar-refractivity contribution in [3.8, 4) is 6.07 Å². The number of benzene rings is 1. The first kappa shape index (κ1) is 12.6. The number of imidazole rings is 1. The molecule has 1 aromatic carbocycles. The van der Waals surface area contributed by atoms with E-state index in [1.54, 1.807) is 6.20 Å². The Bertz CT molecular complexity index is 812. The van der Waals surface area contributed by atoms with E-state index in [-0.39, 0.29) is 0 Å². The second kappa shape index (κ2) is 4.95. The third kappa shape index (κ3) is 2.24. The zero-order chi connectivity index (χ0) is 14.1. The number of nitrogens with zero attached hydrogens (tertiary/aromatic N) is 4. The number of pyridine rings is 1. The third-order valence-electron chi connectivity index (χ3n) is 3.17. The molecule has 0 fully saturated rings. The number of aryl methyl sites for hydroxylation is 1. The van der Waals surface area contributed by atoms with E-state index in [1.807, 2.05) is 41.8 Å². The molecule has 4 nitrogen and oxygen atoms in total. The molecule has 0 bridgehead atoms. The van der Waals surface area contributed by atoms with Gasteiger partial charge < -0.3 is 4.57 Å². The Morgan fingerprint density at radius 1 is 1.30 bits per heavy atom. The first-order chi connectivity index (χ1) is 9.67. The van der Waals surface area contributed by atoms with Gasteiger partial charge in [-0.3, -0.25) is 0 Å². The average Bonchev–Trinajstić information content (AvgIpc) is 2.75. The van der Waals surface area contributed by atoms with Crippen LogP contribution < -0.4 is 0 Å². The molecule has 0 spiro atoms. The fraction of sp³-hybridized carbons (Fsp3) is 0.133. The molecule has 0 saturated carbocycles. The van der Waals surface area contributed by atoms with Gasteiger partial charge in [0.15, 0.2) is 5.65 Å². The summed E-state index contributed by atoms with van der Waals surface area (Å²) in [5.41, 5.74) is 3.37. The lowest BCUT2D eigenvalue weighted by Crippen LogP contribution is -2.02. The van der Waals surface area contributed by atoms with Gasteiger partial charge in [-0.05, 0) is 30.7 Å². The van der Waals surface area contributed by atoms with Gasteiger partial charge in [0.2, 0.25) is 0 Å². The normalized spacial score (nSPS) is 10.7. The van der Waals surface area contributed by atoms with E-state index in [9.17, 15) is 0 Å². The van der Waals surface area contributed by atoms with Crippen LogP contribution in [0.25, 0.3) is 11.2 Å². The van der Waals surface area contributed by atoms with Crippen LogP contribution in [0.4, 0.5) is 0 Å². The molecule has 2 heterocycles. The first-order valence-electron chi connectivity index (χ1n) is 6.15. The average molecular weight is 283 g/mol. The van der Waals surface area contributed by atoms with Crippen LogP contribution in [-0.2, 0) is 6.54 Å². The molecule has 0 N–H and O–H groups in total. The Labute approximate surface area is 121 Å². The quantitative estimate of drug-likeness (QED) is 0.724. The molecule has 3 rings (SSSR count). The summed E-state index contributed by atoms with van der Waals surface area (Å²) in [7, 11) is 0. The molecule has 3 aromatic rings. The van der Waals surface area contributed by atoms with E-state index in [0.29, 0.717) is 17.1 Å². The van der Waals surface area contributed by atoms with Crippen molar-refractivity contribution in [1.29, 1.82) is 5.26 Å². The molecule has 0 amide bonds. The fourth-order valence-electron chi connectivity index (χ4n) is 2.16. The van der Waals surface area contributed by atoms with Crippen molar-refractivity contribution in [3.05, 3.63) is 58.5 Å². The largest absolute Gasteiger partial charge is 0.308 e. The first-order valence-corrected chi connectivity index (χ1v) is 6.52. The van der Waals surface area contributed by atoms with Crippen molar-refractivity contribution >= 4 is 22.8 Å². The number of halogens is 1. The molecule has 0 saturated heterocycles. The Kier molecular flexibility index (Phi) is 3.13. The van der Waals surface area contributed by atoms with Gasteiger partial charge in [-0.15, -0.1) is 0 Å². The van der Waals surface area contributed by atoms with E-state index in [4.69, 9.17) is 16.9 Å². The van der Waals surface area contributed by atoms with E-state index < -0.39 is 0 Å². The highest BCUT2D eigenvalue weighted by atomic mass is 35.5. The molecule has 0 radical (unpaired) electrons. The smallest absolute Gasteiger partial charge is 0.160 e. The van der Waals surface area contributed by atoms with E-state index >= 15 is 0 Å². The zero-order valence-electron chi connectivity index (χ0n) is 10.8. The zero-order valence-corrected chi connectivity index (χ0v) is 11.6. The maximum atomic E-state index is 8.81. The number of nitriles is 1. The van der Waals surface area contributed by atoms with Crippen molar-refractivity contribution in [3.63, 3.8) is 0 Å². The number of hydrogen-bond donors (Lipinski definition) is 0. The number of fused-ring (bicyclic) bond motifs is 1. The maximum Gasteiger partial charge on any atom is 0.160 e. The maximum absolute atomic E-state index is 8.81. The molecule has 2 aromatic heterocycles.